The molecular weight excluding hydrogens is 370 g/mol. The normalized spacial score (nSPS) is 11.0. The number of para-hydroxylation sites is 1. The Hall–Kier alpha value is -2.65. The maximum absolute atomic E-state index is 5.82. The van der Waals surface area contributed by atoms with Crippen LogP contribution in [0.1, 0.15) is 0 Å². The van der Waals surface area contributed by atoms with Crippen molar-refractivity contribution >= 4 is 33.3 Å². The summed E-state index contributed by atoms with van der Waals surface area (Å²) >= 11 is 2.98. The Morgan fingerprint density at radius 1 is 1.08 bits per heavy atom. The standard InChI is InChI=1S/C17H15N5O2S2/c1-25-16-19-21-22(20-16)10-11-23-12-6-8-13(9-7-12)24-17-18-14-4-2-3-5-15(14)26-17/h2-9H,10-11H2,1H3. The van der Waals surface area contributed by atoms with Crippen LogP contribution in [-0.2, 0) is 6.54 Å². The van der Waals surface area contributed by atoms with Crippen LogP contribution in [0.15, 0.2) is 53.7 Å². The second-order valence-corrected chi connectivity index (χ2v) is 7.01. The quantitative estimate of drug-likeness (QED) is 0.447. The summed E-state index contributed by atoms with van der Waals surface area (Å²) in [6, 6.07) is 15.4. The Kier molecular flexibility index (Phi) is 4.98. The van der Waals surface area contributed by atoms with Gasteiger partial charge in [0.15, 0.2) is 0 Å². The number of thioether (sulfide) groups is 1. The summed E-state index contributed by atoms with van der Waals surface area (Å²) in [7, 11) is 0. The van der Waals surface area contributed by atoms with Crippen molar-refractivity contribution in [3.05, 3.63) is 48.5 Å². The number of ether oxygens (including phenoxy) is 2. The van der Waals surface area contributed by atoms with Crippen molar-refractivity contribution in [2.24, 2.45) is 0 Å². The first-order valence-corrected chi connectivity index (χ1v) is 9.92. The SMILES string of the molecule is CSc1nnn(CCOc2ccc(Oc3nc4ccccc4s3)cc2)n1. The summed E-state index contributed by atoms with van der Waals surface area (Å²) in [4.78, 5) is 5.99. The first kappa shape index (κ1) is 16.8. The third-order valence-corrected chi connectivity index (χ3v) is 4.92. The molecule has 0 radical (unpaired) electrons. The largest absolute Gasteiger partial charge is 0.492 e. The summed E-state index contributed by atoms with van der Waals surface area (Å²) in [5.41, 5.74) is 0.943. The summed E-state index contributed by atoms with van der Waals surface area (Å²) in [5, 5.41) is 13.3. The van der Waals surface area contributed by atoms with Gasteiger partial charge in [-0.2, -0.15) is 4.80 Å². The van der Waals surface area contributed by atoms with Gasteiger partial charge in [-0.15, -0.1) is 10.2 Å². The third-order valence-electron chi connectivity index (χ3n) is 3.48. The highest BCUT2D eigenvalue weighted by atomic mass is 32.2. The number of benzene rings is 2. The average molecular weight is 385 g/mol. The van der Waals surface area contributed by atoms with E-state index in [0.717, 1.165) is 21.7 Å². The monoisotopic (exact) mass is 385 g/mol. The van der Waals surface area contributed by atoms with Crippen molar-refractivity contribution in [1.29, 1.82) is 0 Å². The lowest BCUT2D eigenvalue weighted by Crippen LogP contribution is -2.11. The summed E-state index contributed by atoms with van der Waals surface area (Å²) < 4.78 is 12.6. The summed E-state index contributed by atoms with van der Waals surface area (Å²) in [6.07, 6.45) is 1.91. The molecule has 0 atom stereocenters. The predicted octanol–water partition coefficient (Wildman–Crippen LogP) is 3.88. The fourth-order valence-corrected chi connectivity index (χ4v) is 3.38. The summed E-state index contributed by atoms with van der Waals surface area (Å²) in [6.45, 7) is 1.000. The smallest absolute Gasteiger partial charge is 0.279 e. The highest BCUT2D eigenvalue weighted by molar-refractivity contribution is 7.98. The minimum absolute atomic E-state index is 0.461. The molecule has 132 valence electrons. The maximum atomic E-state index is 5.82. The van der Waals surface area contributed by atoms with E-state index in [0.29, 0.717) is 23.5 Å². The van der Waals surface area contributed by atoms with Crippen molar-refractivity contribution < 1.29 is 9.47 Å². The van der Waals surface area contributed by atoms with Gasteiger partial charge in [0.2, 0.25) is 5.16 Å². The van der Waals surface area contributed by atoms with E-state index in [1.165, 1.54) is 27.9 Å². The number of nitrogens with zero attached hydrogens (tertiary/aromatic N) is 5. The molecule has 0 aliphatic heterocycles. The molecule has 7 nitrogen and oxygen atoms in total. The second kappa shape index (κ2) is 7.71. The average Bonchev–Trinajstić information content (AvgIpc) is 3.29. The highest BCUT2D eigenvalue weighted by Crippen LogP contribution is 2.31. The van der Waals surface area contributed by atoms with Crippen LogP contribution in [0.25, 0.3) is 10.2 Å². The van der Waals surface area contributed by atoms with Crippen LogP contribution in [0.5, 0.6) is 16.7 Å². The number of aromatic nitrogens is 5. The molecule has 0 aliphatic rings. The Balaban J connectivity index is 1.32. The Labute approximate surface area is 158 Å². The van der Waals surface area contributed by atoms with Crippen LogP contribution >= 0.6 is 23.1 Å². The first-order valence-electron chi connectivity index (χ1n) is 7.88. The number of rotatable bonds is 7. The van der Waals surface area contributed by atoms with Gasteiger partial charge in [0.25, 0.3) is 5.19 Å². The van der Waals surface area contributed by atoms with Crippen LogP contribution in [0.3, 0.4) is 0 Å². The van der Waals surface area contributed by atoms with Crippen LogP contribution in [0.2, 0.25) is 0 Å². The molecule has 0 unspecified atom stereocenters. The van der Waals surface area contributed by atoms with Crippen molar-refractivity contribution in [2.75, 3.05) is 12.9 Å². The molecule has 0 saturated heterocycles. The Morgan fingerprint density at radius 3 is 2.65 bits per heavy atom. The van der Waals surface area contributed by atoms with Crippen LogP contribution in [0, 0.1) is 0 Å². The van der Waals surface area contributed by atoms with E-state index in [-0.39, 0.29) is 0 Å². The molecule has 2 heterocycles. The van der Waals surface area contributed by atoms with Gasteiger partial charge >= 0.3 is 0 Å². The molecule has 2 aromatic heterocycles. The minimum atomic E-state index is 0.461. The molecule has 26 heavy (non-hydrogen) atoms. The van der Waals surface area contributed by atoms with Crippen molar-refractivity contribution in [3.63, 3.8) is 0 Å². The minimum Gasteiger partial charge on any atom is -0.492 e. The van der Waals surface area contributed by atoms with Gasteiger partial charge in [-0.1, -0.05) is 35.2 Å². The van der Waals surface area contributed by atoms with Gasteiger partial charge in [0.1, 0.15) is 18.1 Å². The lowest BCUT2D eigenvalue weighted by Gasteiger charge is -2.06. The van der Waals surface area contributed by atoms with Gasteiger partial charge in [0, 0.05) is 0 Å². The van der Waals surface area contributed by atoms with Crippen LogP contribution < -0.4 is 9.47 Å². The number of hydrogen-bond acceptors (Lipinski definition) is 8. The fourth-order valence-electron chi connectivity index (χ4n) is 2.25. The lowest BCUT2D eigenvalue weighted by atomic mass is 10.3. The fraction of sp³-hybridized carbons (Fsp3) is 0.176. The van der Waals surface area contributed by atoms with E-state index in [9.17, 15) is 0 Å². The summed E-state index contributed by atoms with van der Waals surface area (Å²) in [5.74, 6) is 1.48. The molecule has 0 spiro atoms. The molecule has 4 rings (SSSR count). The number of fused-ring (bicyclic) bond motifs is 1. The molecule has 2 aromatic carbocycles. The zero-order chi connectivity index (χ0) is 17.8. The first-order chi connectivity index (χ1) is 12.8. The zero-order valence-electron chi connectivity index (χ0n) is 13.9. The number of thiazole rings is 1. The van der Waals surface area contributed by atoms with E-state index in [2.05, 4.69) is 20.4 Å². The molecule has 0 N–H and O–H groups in total. The topological polar surface area (TPSA) is 75.0 Å². The van der Waals surface area contributed by atoms with Gasteiger partial charge in [-0.05, 0) is 47.9 Å². The second-order valence-electron chi connectivity index (χ2n) is 5.24. The molecule has 9 heteroatoms. The van der Waals surface area contributed by atoms with E-state index in [1.54, 1.807) is 0 Å². The number of tetrazole rings is 1. The molecule has 0 bridgehead atoms. The van der Waals surface area contributed by atoms with Crippen molar-refractivity contribution in [1.82, 2.24) is 25.2 Å². The molecule has 0 aliphatic carbocycles. The Morgan fingerprint density at radius 2 is 1.88 bits per heavy atom. The molecular formula is C17H15N5O2S2. The van der Waals surface area contributed by atoms with E-state index >= 15 is 0 Å². The van der Waals surface area contributed by atoms with Gasteiger partial charge in [0.05, 0.1) is 16.8 Å². The van der Waals surface area contributed by atoms with Crippen molar-refractivity contribution in [2.45, 2.75) is 11.7 Å². The van der Waals surface area contributed by atoms with Gasteiger partial charge in [-0.25, -0.2) is 4.98 Å². The lowest BCUT2D eigenvalue weighted by molar-refractivity contribution is 0.279. The maximum Gasteiger partial charge on any atom is 0.279 e. The zero-order valence-corrected chi connectivity index (χ0v) is 15.5. The van der Waals surface area contributed by atoms with Crippen LogP contribution in [-0.4, -0.2) is 38.1 Å². The predicted molar refractivity (Wildman–Crippen MR) is 101 cm³/mol. The molecule has 0 saturated carbocycles. The van der Waals surface area contributed by atoms with Gasteiger partial charge in [-0.3, -0.25) is 0 Å². The third kappa shape index (κ3) is 3.94. The van der Waals surface area contributed by atoms with E-state index < -0.39 is 0 Å². The molecule has 0 fully saturated rings. The Bertz CT molecular complexity index is 967. The van der Waals surface area contributed by atoms with Crippen LogP contribution in [0.4, 0.5) is 0 Å². The van der Waals surface area contributed by atoms with E-state index in [4.69, 9.17) is 9.47 Å². The molecule has 0 amide bonds. The van der Waals surface area contributed by atoms with Crippen molar-refractivity contribution in [3.8, 4) is 16.7 Å². The molecule has 4 aromatic rings. The van der Waals surface area contributed by atoms with E-state index in [1.807, 2.05) is 54.8 Å². The van der Waals surface area contributed by atoms with Gasteiger partial charge < -0.3 is 9.47 Å². The number of hydrogen-bond donors (Lipinski definition) is 0. The highest BCUT2D eigenvalue weighted by Gasteiger charge is 2.06.